The summed E-state index contributed by atoms with van der Waals surface area (Å²) < 4.78 is 68.3. The fourth-order valence-corrected chi connectivity index (χ4v) is 4.07. The van der Waals surface area contributed by atoms with Gasteiger partial charge < -0.3 is 20.9 Å². The third-order valence-electron chi connectivity index (χ3n) is 5.85. The molecule has 13 heteroatoms. The summed E-state index contributed by atoms with van der Waals surface area (Å²) in [5.41, 5.74) is 12.9. The Morgan fingerprint density at radius 3 is 2.24 bits per heavy atom. The van der Waals surface area contributed by atoms with Gasteiger partial charge in [-0.05, 0) is 36.4 Å². The minimum absolute atomic E-state index is 0.0488. The van der Waals surface area contributed by atoms with Gasteiger partial charge in [0.1, 0.15) is 23.3 Å². The molecule has 4 N–H and O–H groups in total. The van der Waals surface area contributed by atoms with E-state index in [9.17, 15) is 17.6 Å². The van der Waals surface area contributed by atoms with Crippen LogP contribution in [0.5, 0.6) is 11.8 Å². The largest absolute Gasteiger partial charge is 0.481 e. The lowest BCUT2D eigenvalue weighted by molar-refractivity contribution is 0.366. The number of nitrogens with two attached hydrogens (primary N) is 2. The van der Waals surface area contributed by atoms with Gasteiger partial charge in [-0.1, -0.05) is 0 Å². The van der Waals surface area contributed by atoms with Crippen molar-refractivity contribution in [2.45, 2.75) is 6.42 Å². The first-order chi connectivity index (χ1) is 18.2. The number of benzene rings is 2. The number of aromatic nitrogens is 5. The van der Waals surface area contributed by atoms with Crippen molar-refractivity contribution in [3.05, 3.63) is 77.0 Å². The molecular formula is C25H19F4N7O2. The predicted molar refractivity (Wildman–Crippen MR) is 131 cm³/mol. The van der Waals surface area contributed by atoms with Gasteiger partial charge in [0.25, 0.3) is 5.95 Å². The number of nitrogen functional groups attached to an aromatic ring is 2. The van der Waals surface area contributed by atoms with Crippen LogP contribution in [0.2, 0.25) is 0 Å². The molecule has 0 aliphatic heterocycles. The highest BCUT2D eigenvalue weighted by Crippen LogP contribution is 2.37. The van der Waals surface area contributed by atoms with Crippen LogP contribution in [0.1, 0.15) is 11.3 Å². The highest BCUT2D eigenvalue weighted by atomic mass is 19.2. The molecular weight excluding hydrogens is 506 g/mol. The van der Waals surface area contributed by atoms with E-state index in [1.165, 1.54) is 31.0 Å². The summed E-state index contributed by atoms with van der Waals surface area (Å²) in [5, 5.41) is 4.56. The molecule has 3 heterocycles. The molecule has 0 spiro atoms. The number of ether oxygens (including phenoxy) is 2. The van der Waals surface area contributed by atoms with Crippen molar-refractivity contribution in [3.63, 3.8) is 0 Å². The smallest absolute Gasteiger partial charge is 0.255 e. The molecule has 9 nitrogen and oxygen atoms in total. The lowest BCUT2D eigenvalue weighted by Gasteiger charge is -2.13. The zero-order valence-corrected chi connectivity index (χ0v) is 20.0. The summed E-state index contributed by atoms with van der Waals surface area (Å²) >= 11 is 0. The fraction of sp³-hybridized carbons (Fsp3) is 0.120. The number of hydrogen-bond donors (Lipinski definition) is 2. The molecule has 2 aromatic carbocycles. The standard InChI is InChI=1S/C25H19F4N7O2/c1-37-19-8-4-12(24(32-19)38-2)20-22(30)33-25(34-23(20)31)36-18-7-3-11(26)9-14(18)17(35-36)10-13-15(27)5-6-16(28)21(13)29/h3-9H,10H2,1-2H3,(H4,30,31,33,34). The van der Waals surface area contributed by atoms with Crippen molar-refractivity contribution in [2.24, 2.45) is 0 Å². The molecule has 0 saturated heterocycles. The van der Waals surface area contributed by atoms with Crippen molar-refractivity contribution in [1.82, 2.24) is 24.7 Å². The maximum absolute atomic E-state index is 14.4. The van der Waals surface area contributed by atoms with E-state index in [0.29, 0.717) is 23.0 Å². The molecule has 5 aromatic rings. The first-order valence-corrected chi connectivity index (χ1v) is 11.0. The quantitative estimate of drug-likeness (QED) is 0.249. The third kappa shape index (κ3) is 4.17. The fourth-order valence-electron chi connectivity index (χ4n) is 4.07. The van der Waals surface area contributed by atoms with Crippen LogP contribution in [-0.2, 0) is 6.42 Å². The zero-order valence-electron chi connectivity index (χ0n) is 20.0. The summed E-state index contributed by atoms with van der Waals surface area (Å²) in [5.74, 6) is -3.90. The number of halogens is 4. The maximum atomic E-state index is 14.4. The van der Waals surface area contributed by atoms with Gasteiger partial charge in [0, 0.05) is 23.4 Å². The normalized spacial score (nSPS) is 11.2. The van der Waals surface area contributed by atoms with E-state index in [2.05, 4.69) is 20.1 Å². The van der Waals surface area contributed by atoms with Crippen LogP contribution >= 0.6 is 0 Å². The molecule has 0 aliphatic rings. The molecule has 0 radical (unpaired) electrons. The molecule has 3 aromatic heterocycles. The van der Waals surface area contributed by atoms with E-state index in [4.69, 9.17) is 20.9 Å². The van der Waals surface area contributed by atoms with E-state index >= 15 is 0 Å². The van der Waals surface area contributed by atoms with E-state index in [1.807, 2.05) is 0 Å². The van der Waals surface area contributed by atoms with Crippen LogP contribution in [0.4, 0.5) is 29.2 Å². The lowest BCUT2D eigenvalue weighted by atomic mass is 10.1. The summed E-state index contributed by atoms with van der Waals surface area (Å²) in [6.07, 6.45) is -0.472. The molecule has 0 aliphatic carbocycles. The summed E-state index contributed by atoms with van der Waals surface area (Å²) in [6, 6.07) is 8.39. The topological polar surface area (TPSA) is 127 Å². The van der Waals surface area contributed by atoms with Crippen molar-refractivity contribution < 1.29 is 27.0 Å². The van der Waals surface area contributed by atoms with E-state index in [-0.39, 0.29) is 40.1 Å². The minimum Gasteiger partial charge on any atom is -0.481 e. The molecule has 194 valence electrons. The van der Waals surface area contributed by atoms with Crippen LogP contribution < -0.4 is 20.9 Å². The van der Waals surface area contributed by atoms with Gasteiger partial charge in [0.2, 0.25) is 11.8 Å². The molecule has 0 atom stereocenters. The number of nitrogens with zero attached hydrogens (tertiary/aromatic N) is 5. The number of anilines is 2. The Labute approximate surface area is 212 Å². The van der Waals surface area contributed by atoms with Crippen LogP contribution in [0.25, 0.3) is 28.0 Å². The van der Waals surface area contributed by atoms with Crippen molar-refractivity contribution in [1.29, 1.82) is 0 Å². The van der Waals surface area contributed by atoms with Crippen LogP contribution in [0, 0.1) is 23.3 Å². The average Bonchev–Trinajstić information content (AvgIpc) is 3.25. The molecule has 0 unspecified atom stereocenters. The first-order valence-electron chi connectivity index (χ1n) is 11.0. The van der Waals surface area contributed by atoms with Crippen molar-refractivity contribution >= 4 is 22.5 Å². The lowest BCUT2D eigenvalue weighted by Crippen LogP contribution is -2.11. The Kier molecular flexibility index (Phi) is 6.18. The monoisotopic (exact) mass is 525 g/mol. The second-order valence-electron chi connectivity index (χ2n) is 8.10. The predicted octanol–water partition coefficient (Wildman–Crippen LogP) is 4.21. The van der Waals surface area contributed by atoms with Crippen molar-refractivity contribution in [2.75, 3.05) is 25.7 Å². The van der Waals surface area contributed by atoms with Gasteiger partial charge in [0.15, 0.2) is 11.6 Å². The maximum Gasteiger partial charge on any atom is 0.255 e. The number of hydrogen-bond acceptors (Lipinski definition) is 8. The highest BCUT2D eigenvalue weighted by Gasteiger charge is 2.23. The van der Waals surface area contributed by atoms with Gasteiger partial charge in [-0.3, -0.25) is 0 Å². The molecule has 0 amide bonds. The number of fused-ring (bicyclic) bond motifs is 1. The first kappa shape index (κ1) is 24.7. The zero-order chi connectivity index (χ0) is 27.1. The third-order valence-corrected chi connectivity index (χ3v) is 5.85. The summed E-state index contributed by atoms with van der Waals surface area (Å²) in [4.78, 5) is 12.8. The molecule has 0 bridgehead atoms. The van der Waals surface area contributed by atoms with Crippen LogP contribution in [0.3, 0.4) is 0 Å². The van der Waals surface area contributed by atoms with Gasteiger partial charge in [-0.2, -0.15) is 24.7 Å². The van der Waals surface area contributed by atoms with E-state index in [1.54, 1.807) is 12.1 Å². The van der Waals surface area contributed by atoms with E-state index in [0.717, 1.165) is 12.1 Å². The Balaban J connectivity index is 1.65. The van der Waals surface area contributed by atoms with Gasteiger partial charge in [-0.15, -0.1) is 0 Å². The number of pyridine rings is 1. The minimum atomic E-state index is -1.36. The summed E-state index contributed by atoms with van der Waals surface area (Å²) in [7, 11) is 2.86. The Bertz CT molecular complexity index is 1680. The number of methoxy groups -OCH3 is 2. The van der Waals surface area contributed by atoms with Gasteiger partial charge >= 0.3 is 0 Å². The Morgan fingerprint density at radius 1 is 0.842 bits per heavy atom. The van der Waals surface area contributed by atoms with Gasteiger partial charge in [-0.25, -0.2) is 17.6 Å². The van der Waals surface area contributed by atoms with Crippen LogP contribution in [0.15, 0.2) is 42.5 Å². The van der Waals surface area contributed by atoms with E-state index < -0.39 is 35.3 Å². The second-order valence-corrected chi connectivity index (χ2v) is 8.10. The van der Waals surface area contributed by atoms with Crippen molar-refractivity contribution in [3.8, 4) is 28.8 Å². The van der Waals surface area contributed by atoms with Crippen LogP contribution in [-0.4, -0.2) is 39.0 Å². The molecule has 0 fully saturated rings. The second kappa shape index (κ2) is 9.50. The van der Waals surface area contributed by atoms with Gasteiger partial charge in [0.05, 0.1) is 36.6 Å². The average molecular weight is 525 g/mol. The summed E-state index contributed by atoms with van der Waals surface area (Å²) in [6.45, 7) is 0. The Hall–Kier alpha value is -4.94. The molecule has 5 rings (SSSR count). The highest BCUT2D eigenvalue weighted by molar-refractivity contribution is 5.87. The number of rotatable bonds is 6. The Morgan fingerprint density at radius 2 is 1.55 bits per heavy atom. The molecule has 38 heavy (non-hydrogen) atoms. The molecule has 0 saturated carbocycles. The SMILES string of the molecule is COc1ccc(-c2c(N)nc(-n3nc(Cc4c(F)ccc(F)c4F)c4cc(F)ccc43)nc2N)c(OC)n1.